The van der Waals surface area contributed by atoms with Crippen molar-refractivity contribution >= 4 is 28.9 Å². The van der Waals surface area contributed by atoms with Gasteiger partial charge < -0.3 is 16.8 Å². The molecule has 7 nitrogen and oxygen atoms in total. The maximum absolute atomic E-state index is 11.4. The number of hydrogen-bond acceptors (Lipinski definition) is 5. The van der Waals surface area contributed by atoms with E-state index in [1.807, 2.05) is 0 Å². The summed E-state index contributed by atoms with van der Waals surface area (Å²) in [4.78, 5) is 11.4. The van der Waals surface area contributed by atoms with Crippen LogP contribution >= 0.6 is 11.6 Å². The quantitative estimate of drug-likeness (QED) is 0.699. The number of aromatic nitrogens is 3. The minimum atomic E-state index is -0.586. The fourth-order valence-corrected chi connectivity index (χ4v) is 1.94. The van der Waals surface area contributed by atoms with Gasteiger partial charge in [0.25, 0.3) is 5.91 Å². The van der Waals surface area contributed by atoms with Crippen molar-refractivity contribution in [1.82, 2.24) is 15.0 Å². The van der Waals surface area contributed by atoms with E-state index < -0.39 is 5.91 Å². The number of nitrogens with two attached hydrogens (primary N) is 2. The average molecular weight is 281 g/mol. The zero-order valence-electron chi connectivity index (χ0n) is 10.0. The first-order valence-corrected chi connectivity index (χ1v) is 5.92. The predicted molar refractivity (Wildman–Crippen MR) is 72.9 cm³/mol. The van der Waals surface area contributed by atoms with Crippen LogP contribution in [0, 0.1) is 0 Å². The second kappa shape index (κ2) is 5.57. The van der Waals surface area contributed by atoms with Crippen molar-refractivity contribution in [2.45, 2.75) is 6.54 Å². The summed E-state index contributed by atoms with van der Waals surface area (Å²) >= 11 is 6.05. The number of carbonyl (C=O) groups excluding carboxylic acids is 1. The molecule has 1 aromatic carbocycles. The number of rotatable bonds is 5. The smallest absolute Gasteiger partial charge is 0.250 e. The Hall–Kier alpha value is -2.28. The van der Waals surface area contributed by atoms with Gasteiger partial charge in [-0.3, -0.25) is 9.48 Å². The van der Waals surface area contributed by atoms with E-state index in [0.29, 0.717) is 29.5 Å². The van der Waals surface area contributed by atoms with Crippen LogP contribution in [0.15, 0.2) is 24.5 Å². The maximum Gasteiger partial charge on any atom is 0.250 e. The molecule has 0 spiro atoms. The lowest BCUT2D eigenvalue weighted by Gasteiger charge is -2.12. The molecule has 0 aliphatic carbocycles. The summed E-state index contributed by atoms with van der Waals surface area (Å²) in [6.07, 6.45) is 3.33. The van der Waals surface area contributed by atoms with Gasteiger partial charge in [0.1, 0.15) is 0 Å². The second-order valence-corrected chi connectivity index (χ2v) is 4.29. The molecule has 0 fully saturated rings. The van der Waals surface area contributed by atoms with Gasteiger partial charge in [0, 0.05) is 18.4 Å². The number of nitrogens with one attached hydrogen (secondary N) is 1. The first-order chi connectivity index (χ1) is 9.08. The van der Waals surface area contributed by atoms with E-state index in [9.17, 15) is 4.79 Å². The molecule has 100 valence electrons. The molecule has 19 heavy (non-hydrogen) atoms. The number of nitrogen functional groups attached to an aromatic ring is 1. The molecule has 1 amide bonds. The molecular formula is C11H13ClN6O. The van der Waals surface area contributed by atoms with Gasteiger partial charge in [0.2, 0.25) is 0 Å². The summed E-state index contributed by atoms with van der Waals surface area (Å²) in [7, 11) is 0. The monoisotopic (exact) mass is 280 g/mol. The predicted octanol–water partition coefficient (Wildman–Crippen LogP) is 0.725. The van der Waals surface area contributed by atoms with Crippen LogP contribution in [0.5, 0.6) is 0 Å². The Morgan fingerprint density at radius 2 is 2.26 bits per heavy atom. The Labute approximate surface area is 114 Å². The lowest BCUT2D eigenvalue weighted by atomic mass is 10.1. The first kappa shape index (κ1) is 13.2. The maximum atomic E-state index is 11.4. The van der Waals surface area contributed by atoms with E-state index in [1.54, 1.807) is 23.1 Å². The van der Waals surface area contributed by atoms with Gasteiger partial charge in [-0.15, -0.1) is 5.10 Å². The molecule has 0 bridgehead atoms. The number of primary amides is 1. The van der Waals surface area contributed by atoms with E-state index in [0.717, 1.165) is 0 Å². The Morgan fingerprint density at radius 3 is 2.89 bits per heavy atom. The average Bonchev–Trinajstić information content (AvgIpc) is 2.84. The number of halogens is 1. The molecule has 0 radical (unpaired) electrons. The number of carbonyl (C=O) groups is 1. The van der Waals surface area contributed by atoms with Crippen molar-refractivity contribution in [3.05, 3.63) is 35.1 Å². The second-order valence-electron chi connectivity index (χ2n) is 3.88. The molecule has 0 unspecified atom stereocenters. The Balaban J connectivity index is 2.12. The lowest BCUT2D eigenvalue weighted by Crippen LogP contribution is -2.17. The minimum Gasteiger partial charge on any atom is -0.399 e. The summed E-state index contributed by atoms with van der Waals surface area (Å²) in [5, 5.41) is 10.9. The molecule has 1 aromatic heterocycles. The molecule has 2 aromatic rings. The summed E-state index contributed by atoms with van der Waals surface area (Å²) in [6.45, 7) is 1.10. The zero-order valence-corrected chi connectivity index (χ0v) is 10.8. The summed E-state index contributed by atoms with van der Waals surface area (Å²) in [5.41, 5.74) is 12.1. The van der Waals surface area contributed by atoms with Crippen molar-refractivity contribution in [3.8, 4) is 0 Å². The molecule has 8 heteroatoms. The van der Waals surface area contributed by atoms with Crippen LogP contribution in [0.3, 0.4) is 0 Å². The molecule has 2 rings (SSSR count). The number of nitrogens with zero attached hydrogens (tertiary/aromatic N) is 3. The highest BCUT2D eigenvalue weighted by Gasteiger charge is 2.12. The number of anilines is 2. The van der Waals surface area contributed by atoms with E-state index in [4.69, 9.17) is 23.1 Å². The lowest BCUT2D eigenvalue weighted by molar-refractivity contribution is 0.100. The zero-order chi connectivity index (χ0) is 13.8. The largest absolute Gasteiger partial charge is 0.399 e. The van der Waals surface area contributed by atoms with Gasteiger partial charge in [-0.1, -0.05) is 16.8 Å². The van der Waals surface area contributed by atoms with Crippen LogP contribution in [0.1, 0.15) is 10.4 Å². The third-order valence-electron chi connectivity index (χ3n) is 2.49. The normalized spacial score (nSPS) is 10.4. The Kier molecular flexibility index (Phi) is 3.86. The van der Waals surface area contributed by atoms with Crippen LogP contribution in [-0.2, 0) is 6.54 Å². The van der Waals surface area contributed by atoms with Crippen LogP contribution in [-0.4, -0.2) is 27.4 Å². The third kappa shape index (κ3) is 3.14. The van der Waals surface area contributed by atoms with Gasteiger partial charge in [-0.2, -0.15) is 0 Å². The molecule has 0 aliphatic rings. The van der Waals surface area contributed by atoms with Crippen LogP contribution in [0.4, 0.5) is 11.4 Å². The molecule has 0 saturated carbocycles. The fourth-order valence-electron chi connectivity index (χ4n) is 1.65. The highest BCUT2D eigenvalue weighted by molar-refractivity contribution is 6.34. The number of amides is 1. The highest BCUT2D eigenvalue weighted by Crippen LogP contribution is 2.28. The van der Waals surface area contributed by atoms with E-state index >= 15 is 0 Å². The SMILES string of the molecule is NC(=O)c1cc(N)cc(Cl)c1NCCn1ccnn1. The van der Waals surface area contributed by atoms with E-state index in [1.165, 1.54) is 6.07 Å². The molecule has 0 aliphatic heterocycles. The topological polar surface area (TPSA) is 112 Å². The highest BCUT2D eigenvalue weighted by atomic mass is 35.5. The van der Waals surface area contributed by atoms with Gasteiger partial charge in [-0.05, 0) is 12.1 Å². The summed E-state index contributed by atoms with van der Waals surface area (Å²) in [5.74, 6) is -0.586. The first-order valence-electron chi connectivity index (χ1n) is 5.54. The van der Waals surface area contributed by atoms with E-state index in [2.05, 4.69) is 15.6 Å². The van der Waals surface area contributed by atoms with E-state index in [-0.39, 0.29) is 5.56 Å². The van der Waals surface area contributed by atoms with Gasteiger partial charge in [-0.25, -0.2) is 0 Å². The fraction of sp³-hybridized carbons (Fsp3) is 0.182. The van der Waals surface area contributed by atoms with Gasteiger partial charge in [0.15, 0.2) is 0 Å². The van der Waals surface area contributed by atoms with Crippen molar-refractivity contribution < 1.29 is 4.79 Å². The summed E-state index contributed by atoms with van der Waals surface area (Å²) < 4.78 is 1.65. The van der Waals surface area contributed by atoms with Gasteiger partial charge in [0.05, 0.1) is 29.0 Å². The van der Waals surface area contributed by atoms with Crippen molar-refractivity contribution in [2.75, 3.05) is 17.6 Å². The standard InChI is InChI=1S/C11H13ClN6O/c12-9-6-7(13)5-8(11(14)19)10(9)15-1-3-18-4-2-16-17-18/h2,4-6,15H,1,3,13H2,(H2,14,19). The minimum absolute atomic E-state index is 0.267. The molecule has 5 N–H and O–H groups in total. The summed E-state index contributed by atoms with van der Waals surface area (Å²) in [6, 6.07) is 3.05. The molecule has 0 atom stereocenters. The van der Waals surface area contributed by atoms with Crippen LogP contribution < -0.4 is 16.8 Å². The number of benzene rings is 1. The van der Waals surface area contributed by atoms with Crippen LogP contribution in [0.25, 0.3) is 0 Å². The molecule has 1 heterocycles. The third-order valence-corrected chi connectivity index (χ3v) is 2.79. The van der Waals surface area contributed by atoms with Crippen molar-refractivity contribution in [2.24, 2.45) is 5.73 Å². The van der Waals surface area contributed by atoms with Gasteiger partial charge >= 0.3 is 0 Å². The van der Waals surface area contributed by atoms with Crippen molar-refractivity contribution in [3.63, 3.8) is 0 Å². The van der Waals surface area contributed by atoms with Crippen molar-refractivity contribution in [1.29, 1.82) is 0 Å². The molecule has 0 saturated heterocycles. The molecular weight excluding hydrogens is 268 g/mol. The van der Waals surface area contributed by atoms with Crippen LogP contribution in [0.2, 0.25) is 5.02 Å². The number of hydrogen-bond donors (Lipinski definition) is 3. The Morgan fingerprint density at radius 1 is 1.47 bits per heavy atom. The Bertz CT molecular complexity index is 583.